The van der Waals surface area contributed by atoms with Gasteiger partial charge in [-0.15, -0.1) is 0 Å². The van der Waals surface area contributed by atoms with Crippen molar-refractivity contribution in [1.82, 2.24) is 14.9 Å². The van der Waals surface area contributed by atoms with Crippen LogP contribution in [0.5, 0.6) is 11.6 Å². The van der Waals surface area contributed by atoms with Crippen LogP contribution in [0.25, 0.3) is 0 Å². The summed E-state index contributed by atoms with van der Waals surface area (Å²) >= 11 is 3.47. The second kappa shape index (κ2) is 10.2. The number of benzene rings is 1. The first-order valence-electron chi connectivity index (χ1n) is 10.1. The number of halogens is 1. The van der Waals surface area contributed by atoms with Crippen molar-refractivity contribution >= 4 is 21.8 Å². The SMILES string of the molecule is COc1ccc(CC(=O)N2CCOC(COc3cc(C)nc(C(C)C)n3)C2)cc1Br. The zero-order valence-electron chi connectivity index (χ0n) is 17.9. The molecular weight excluding hydrogens is 450 g/mol. The van der Waals surface area contributed by atoms with E-state index in [0.29, 0.717) is 38.6 Å². The average Bonchev–Trinajstić information content (AvgIpc) is 2.72. The Bertz CT molecular complexity index is 891. The highest BCUT2D eigenvalue weighted by Crippen LogP contribution is 2.26. The Kier molecular flexibility index (Phi) is 7.66. The van der Waals surface area contributed by atoms with Gasteiger partial charge in [-0.25, -0.2) is 4.98 Å². The fraction of sp³-hybridized carbons (Fsp3) is 0.500. The van der Waals surface area contributed by atoms with E-state index < -0.39 is 0 Å². The first kappa shape index (κ1) is 22.5. The maximum absolute atomic E-state index is 12.8. The molecule has 1 atom stereocenters. The summed E-state index contributed by atoms with van der Waals surface area (Å²) in [7, 11) is 1.62. The number of hydrogen-bond acceptors (Lipinski definition) is 6. The Morgan fingerprint density at radius 1 is 1.33 bits per heavy atom. The highest BCUT2D eigenvalue weighted by Gasteiger charge is 2.25. The van der Waals surface area contributed by atoms with Gasteiger partial charge in [0, 0.05) is 24.2 Å². The Balaban J connectivity index is 1.56. The summed E-state index contributed by atoms with van der Waals surface area (Å²) in [6.45, 7) is 7.93. The second-order valence-corrected chi connectivity index (χ2v) is 8.50. The number of methoxy groups -OCH3 is 1. The lowest BCUT2D eigenvalue weighted by molar-refractivity contribution is -0.139. The third-order valence-electron chi connectivity index (χ3n) is 4.84. The van der Waals surface area contributed by atoms with Gasteiger partial charge in [-0.1, -0.05) is 19.9 Å². The van der Waals surface area contributed by atoms with Crippen molar-refractivity contribution in [3.63, 3.8) is 0 Å². The molecule has 1 fully saturated rings. The standard InChI is InChI=1S/C22H28BrN3O4/c1-14(2)22-24-15(3)9-20(25-22)30-13-17-12-26(7-8-29-17)21(27)11-16-5-6-19(28-4)18(23)10-16/h5-6,9-10,14,17H,7-8,11-13H2,1-4H3. The van der Waals surface area contributed by atoms with E-state index in [9.17, 15) is 4.79 Å². The van der Waals surface area contributed by atoms with E-state index in [4.69, 9.17) is 14.2 Å². The number of hydrogen-bond donors (Lipinski definition) is 0. The molecular formula is C22H28BrN3O4. The number of aryl methyl sites for hydroxylation is 1. The van der Waals surface area contributed by atoms with E-state index in [1.54, 1.807) is 7.11 Å². The van der Waals surface area contributed by atoms with Crippen LogP contribution in [0, 0.1) is 6.92 Å². The van der Waals surface area contributed by atoms with Gasteiger partial charge in [0.25, 0.3) is 0 Å². The maximum atomic E-state index is 12.8. The van der Waals surface area contributed by atoms with E-state index >= 15 is 0 Å². The Morgan fingerprint density at radius 2 is 2.13 bits per heavy atom. The molecule has 1 aromatic heterocycles. The first-order chi connectivity index (χ1) is 14.4. The van der Waals surface area contributed by atoms with Crippen LogP contribution < -0.4 is 9.47 Å². The molecule has 1 aromatic carbocycles. The molecule has 0 bridgehead atoms. The lowest BCUT2D eigenvalue weighted by atomic mass is 10.1. The molecule has 1 amide bonds. The molecule has 2 heterocycles. The Hall–Kier alpha value is -2.19. The van der Waals surface area contributed by atoms with Crippen LogP contribution in [0.1, 0.15) is 36.8 Å². The quantitative estimate of drug-likeness (QED) is 0.607. The summed E-state index contributed by atoms with van der Waals surface area (Å²) in [6, 6.07) is 7.50. The summed E-state index contributed by atoms with van der Waals surface area (Å²) in [5.74, 6) is 2.35. The van der Waals surface area contributed by atoms with E-state index in [0.717, 1.165) is 27.3 Å². The summed E-state index contributed by atoms with van der Waals surface area (Å²) in [4.78, 5) is 23.5. The zero-order chi connectivity index (χ0) is 21.7. The van der Waals surface area contributed by atoms with Crippen LogP contribution in [0.4, 0.5) is 0 Å². The third-order valence-corrected chi connectivity index (χ3v) is 5.46. The van der Waals surface area contributed by atoms with Crippen LogP contribution in [0.3, 0.4) is 0 Å². The van der Waals surface area contributed by atoms with E-state index in [-0.39, 0.29) is 17.9 Å². The number of aromatic nitrogens is 2. The van der Waals surface area contributed by atoms with Crippen molar-refractivity contribution in [3.05, 3.63) is 45.8 Å². The number of nitrogens with zero attached hydrogens (tertiary/aromatic N) is 3. The van der Waals surface area contributed by atoms with E-state index in [2.05, 4.69) is 25.9 Å². The summed E-state index contributed by atoms with van der Waals surface area (Å²) in [5, 5.41) is 0. The monoisotopic (exact) mass is 477 g/mol. The van der Waals surface area contributed by atoms with Crippen LogP contribution in [0.15, 0.2) is 28.7 Å². The highest BCUT2D eigenvalue weighted by atomic mass is 79.9. The normalized spacial score (nSPS) is 16.6. The van der Waals surface area contributed by atoms with Crippen LogP contribution in [-0.4, -0.2) is 60.3 Å². The minimum Gasteiger partial charge on any atom is -0.496 e. The molecule has 2 aromatic rings. The van der Waals surface area contributed by atoms with Crippen LogP contribution in [0.2, 0.25) is 0 Å². The molecule has 30 heavy (non-hydrogen) atoms. The highest BCUT2D eigenvalue weighted by molar-refractivity contribution is 9.10. The largest absolute Gasteiger partial charge is 0.496 e. The van der Waals surface area contributed by atoms with Crippen LogP contribution in [-0.2, 0) is 16.0 Å². The van der Waals surface area contributed by atoms with Crippen LogP contribution >= 0.6 is 15.9 Å². The van der Waals surface area contributed by atoms with Gasteiger partial charge >= 0.3 is 0 Å². The summed E-state index contributed by atoms with van der Waals surface area (Å²) in [6.07, 6.45) is 0.141. The number of carbonyl (C=O) groups excluding carboxylic acids is 1. The van der Waals surface area contributed by atoms with Gasteiger partial charge in [0.2, 0.25) is 11.8 Å². The Morgan fingerprint density at radius 3 is 2.83 bits per heavy atom. The number of morpholine rings is 1. The number of ether oxygens (including phenoxy) is 3. The molecule has 1 unspecified atom stereocenters. The fourth-order valence-electron chi connectivity index (χ4n) is 3.23. The molecule has 0 radical (unpaired) electrons. The van der Waals surface area contributed by atoms with Crippen molar-refractivity contribution in [2.75, 3.05) is 33.4 Å². The molecule has 0 N–H and O–H groups in total. The average molecular weight is 478 g/mol. The van der Waals surface area contributed by atoms with Crippen molar-refractivity contribution in [1.29, 1.82) is 0 Å². The number of amides is 1. The summed E-state index contributed by atoms with van der Waals surface area (Å²) in [5.41, 5.74) is 1.81. The first-order valence-corrected chi connectivity index (χ1v) is 10.8. The van der Waals surface area contributed by atoms with Gasteiger partial charge in [-0.2, -0.15) is 4.98 Å². The van der Waals surface area contributed by atoms with Crippen molar-refractivity contribution in [3.8, 4) is 11.6 Å². The van der Waals surface area contributed by atoms with Gasteiger partial charge in [-0.3, -0.25) is 4.79 Å². The lowest BCUT2D eigenvalue weighted by Crippen LogP contribution is -2.48. The number of rotatable bonds is 7. The topological polar surface area (TPSA) is 73.8 Å². The molecule has 7 nitrogen and oxygen atoms in total. The van der Waals surface area contributed by atoms with Crippen molar-refractivity contribution in [2.45, 2.75) is 39.2 Å². The van der Waals surface area contributed by atoms with Gasteiger partial charge in [0.1, 0.15) is 24.3 Å². The molecule has 162 valence electrons. The lowest BCUT2D eigenvalue weighted by Gasteiger charge is -2.33. The molecule has 0 spiro atoms. The van der Waals surface area contributed by atoms with Gasteiger partial charge < -0.3 is 19.1 Å². The number of carbonyl (C=O) groups is 1. The van der Waals surface area contributed by atoms with E-state index in [1.807, 2.05) is 49.9 Å². The fourth-order valence-corrected chi connectivity index (χ4v) is 3.81. The molecule has 1 saturated heterocycles. The maximum Gasteiger partial charge on any atom is 0.227 e. The predicted octanol–water partition coefficient (Wildman–Crippen LogP) is 3.53. The van der Waals surface area contributed by atoms with Gasteiger partial charge in [0.15, 0.2) is 0 Å². The second-order valence-electron chi connectivity index (χ2n) is 7.65. The minimum atomic E-state index is -0.192. The predicted molar refractivity (Wildman–Crippen MR) is 117 cm³/mol. The molecule has 1 aliphatic heterocycles. The molecule has 0 aliphatic carbocycles. The van der Waals surface area contributed by atoms with Crippen molar-refractivity contribution in [2.24, 2.45) is 0 Å². The third kappa shape index (κ3) is 5.92. The minimum absolute atomic E-state index is 0.0698. The Labute approximate surface area is 185 Å². The van der Waals surface area contributed by atoms with Gasteiger partial charge in [0.05, 0.1) is 31.2 Å². The van der Waals surface area contributed by atoms with Crippen molar-refractivity contribution < 1.29 is 19.0 Å². The van der Waals surface area contributed by atoms with Gasteiger partial charge in [-0.05, 0) is 40.5 Å². The molecule has 1 aliphatic rings. The van der Waals surface area contributed by atoms with E-state index in [1.165, 1.54) is 0 Å². The molecule has 0 saturated carbocycles. The summed E-state index contributed by atoms with van der Waals surface area (Å²) < 4.78 is 17.8. The molecule has 3 rings (SSSR count). The molecule has 8 heteroatoms. The smallest absolute Gasteiger partial charge is 0.227 e. The zero-order valence-corrected chi connectivity index (χ0v) is 19.4.